The molecule has 0 aromatic carbocycles. The van der Waals surface area contributed by atoms with E-state index in [1.807, 2.05) is 11.7 Å². The molecule has 0 aliphatic carbocycles. The molecule has 0 amide bonds. The molecule has 1 rings (SSSR count). The lowest BCUT2D eigenvalue weighted by Gasteiger charge is -2.45. The Balaban J connectivity index is 2.81. The Bertz CT molecular complexity index is 330. The third kappa shape index (κ3) is 4.33. The average molecular weight is 331 g/mol. The number of alkyl halides is 2. The third-order valence-corrected chi connectivity index (χ3v) is 6.59. The Morgan fingerprint density at radius 3 is 2.21 bits per heavy atom. The number of hydrogen-bond acceptors (Lipinski definition) is 2. The van der Waals surface area contributed by atoms with Gasteiger partial charge in [0.05, 0.1) is 6.61 Å². The van der Waals surface area contributed by atoms with Gasteiger partial charge in [-0.2, -0.15) is 0 Å². The summed E-state index contributed by atoms with van der Waals surface area (Å²) in [6.07, 6.45) is 0. The van der Waals surface area contributed by atoms with Gasteiger partial charge < -0.3 is 4.52 Å². The molecule has 1 heterocycles. The number of nitrogens with zero attached hydrogens (tertiary/aromatic N) is 2. The van der Waals surface area contributed by atoms with E-state index in [1.165, 1.54) is 0 Å². The van der Waals surface area contributed by atoms with Crippen LogP contribution in [0.25, 0.3) is 0 Å². The maximum Gasteiger partial charge on any atom is 0.345 e. The quantitative estimate of drug-likeness (QED) is 0.570. The Hall–Kier alpha value is 0.690. The average Bonchev–Trinajstić information content (AvgIpc) is 2.31. The second-order valence-electron chi connectivity index (χ2n) is 6.02. The Labute approximate surface area is 126 Å². The summed E-state index contributed by atoms with van der Waals surface area (Å²) in [5, 5.41) is 0. The smallest absolute Gasteiger partial charge is 0.306 e. The molecule has 7 heteroatoms. The molecule has 0 saturated carbocycles. The van der Waals surface area contributed by atoms with Crippen LogP contribution in [0.15, 0.2) is 0 Å². The standard InChI is InChI=1S/C12H25Cl2N2O2P/c1-12(2,3)11-9-15(4)19(17,18-10-11)16(7-5-13)8-6-14/h11H,5-10H2,1-4H3. The summed E-state index contributed by atoms with van der Waals surface area (Å²) < 4.78 is 22.4. The zero-order chi connectivity index (χ0) is 14.7. The minimum atomic E-state index is -2.96. The van der Waals surface area contributed by atoms with Crippen LogP contribution < -0.4 is 0 Å². The Morgan fingerprint density at radius 2 is 1.84 bits per heavy atom. The largest absolute Gasteiger partial charge is 0.345 e. The van der Waals surface area contributed by atoms with E-state index < -0.39 is 7.67 Å². The van der Waals surface area contributed by atoms with Gasteiger partial charge in [0.15, 0.2) is 0 Å². The molecule has 0 N–H and O–H groups in total. The molecular weight excluding hydrogens is 306 g/mol. The first-order valence-corrected chi connectivity index (χ1v) is 9.19. The highest BCUT2D eigenvalue weighted by Crippen LogP contribution is 2.57. The fourth-order valence-electron chi connectivity index (χ4n) is 2.14. The van der Waals surface area contributed by atoms with Gasteiger partial charge in [-0.3, -0.25) is 4.57 Å². The molecule has 0 aromatic rings. The fourth-order valence-corrected chi connectivity index (χ4v) is 5.06. The molecule has 0 aromatic heterocycles. The lowest BCUT2D eigenvalue weighted by Crippen LogP contribution is -2.44. The van der Waals surface area contributed by atoms with Crippen molar-refractivity contribution in [3.05, 3.63) is 0 Å². The van der Waals surface area contributed by atoms with Crippen LogP contribution in [-0.4, -0.2) is 54.4 Å². The van der Waals surface area contributed by atoms with Gasteiger partial charge in [0, 0.05) is 37.3 Å². The molecule has 2 unspecified atom stereocenters. The van der Waals surface area contributed by atoms with E-state index in [0.717, 1.165) is 6.54 Å². The molecule has 0 bridgehead atoms. The Morgan fingerprint density at radius 1 is 1.32 bits per heavy atom. The van der Waals surface area contributed by atoms with Gasteiger partial charge in [-0.1, -0.05) is 20.8 Å². The van der Waals surface area contributed by atoms with Crippen molar-refractivity contribution in [2.75, 3.05) is 45.0 Å². The predicted molar refractivity (Wildman–Crippen MR) is 82.1 cm³/mol. The summed E-state index contributed by atoms with van der Waals surface area (Å²) in [7, 11) is -1.10. The summed E-state index contributed by atoms with van der Waals surface area (Å²) in [5.74, 6) is 1.20. The molecule has 1 aliphatic rings. The van der Waals surface area contributed by atoms with Crippen molar-refractivity contribution in [1.29, 1.82) is 0 Å². The summed E-state index contributed by atoms with van der Waals surface area (Å²) in [6.45, 7) is 8.88. The lowest BCUT2D eigenvalue weighted by molar-refractivity contribution is 0.0727. The van der Waals surface area contributed by atoms with E-state index in [1.54, 1.807) is 4.67 Å². The van der Waals surface area contributed by atoms with Crippen molar-refractivity contribution in [2.45, 2.75) is 20.8 Å². The highest BCUT2D eigenvalue weighted by molar-refractivity contribution is 7.54. The van der Waals surface area contributed by atoms with Gasteiger partial charge in [-0.25, -0.2) is 9.34 Å². The van der Waals surface area contributed by atoms with Crippen LogP contribution in [-0.2, 0) is 9.09 Å². The highest BCUT2D eigenvalue weighted by atomic mass is 35.5. The van der Waals surface area contributed by atoms with Gasteiger partial charge in [0.25, 0.3) is 0 Å². The molecule has 1 aliphatic heterocycles. The predicted octanol–water partition coefficient (Wildman–Crippen LogP) is 3.50. The molecule has 2 atom stereocenters. The van der Waals surface area contributed by atoms with E-state index in [2.05, 4.69) is 20.8 Å². The summed E-state index contributed by atoms with van der Waals surface area (Å²) in [5.41, 5.74) is 0.142. The van der Waals surface area contributed by atoms with E-state index >= 15 is 0 Å². The van der Waals surface area contributed by atoms with Crippen LogP contribution in [0.3, 0.4) is 0 Å². The fraction of sp³-hybridized carbons (Fsp3) is 1.00. The van der Waals surface area contributed by atoms with E-state index in [4.69, 9.17) is 27.7 Å². The molecule has 114 valence electrons. The maximum atomic E-state index is 13.0. The topological polar surface area (TPSA) is 32.8 Å². The minimum absolute atomic E-state index is 0.142. The monoisotopic (exact) mass is 330 g/mol. The molecule has 1 saturated heterocycles. The van der Waals surface area contributed by atoms with Crippen molar-refractivity contribution >= 4 is 30.9 Å². The first kappa shape index (κ1) is 17.7. The highest BCUT2D eigenvalue weighted by Gasteiger charge is 2.43. The number of hydrogen-bond donors (Lipinski definition) is 0. The van der Waals surface area contributed by atoms with Crippen molar-refractivity contribution in [3.63, 3.8) is 0 Å². The maximum absolute atomic E-state index is 13.0. The first-order chi connectivity index (χ1) is 8.75. The SMILES string of the molecule is CN1CC(C(C)(C)C)COP1(=O)N(CCCl)CCCl. The van der Waals surface area contributed by atoms with Crippen LogP contribution in [0.1, 0.15) is 20.8 Å². The van der Waals surface area contributed by atoms with Crippen LogP contribution in [0.2, 0.25) is 0 Å². The zero-order valence-electron chi connectivity index (χ0n) is 12.2. The van der Waals surface area contributed by atoms with Crippen molar-refractivity contribution < 1.29 is 9.09 Å². The molecule has 0 radical (unpaired) electrons. The normalized spacial score (nSPS) is 29.9. The Kier molecular flexibility index (Phi) is 6.63. The van der Waals surface area contributed by atoms with E-state index in [-0.39, 0.29) is 5.41 Å². The van der Waals surface area contributed by atoms with Crippen LogP contribution in [0.5, 0.6) is 0 Å². The third-order valence-electron chi connectivity index (χ3n) is 3.63. The van der Waals surface area contributed by atoms with Crippen molar-refractivity contribution in [3.8, 4) is 0 Å². The van der Waals surface area contributed by atoms with E-state index in [9.17, 15) is 4.57 Å². The summed E-state index contributed by atoms with van der Waals surface area (Å²) in [4.78, 5) is 0. The van der Waals surface area contributed by atoms with Gasteiger partial charge in [0.2, 0.25) is 0 Å². The molecule has 19 heavy (non-hydrogen) atoms. The molecule has 4 nitrogen and oxygen atoms in total. The molecule has 0 spiro atoms. The van der Waals surface area contributed by atoms with Gasteiger partial charge in [-0.15, -0.1) is 23.2 Å². The van der Waals surface area contributed by atoms with Crippen molar-refractivity contribution in [1.82, 2.24) is 9.34 Å². The second-order valence-corrected chi connectivity index (χ2v) is 9.26. The minimum Gasteiger partial charge on any atom is -0.306 e. The van der Waals surface area contributed by atoms with Gasteiger partial charge in [0.1, 0.15) is 0 Å². The summed E-state index contributed by atoms with van der Waals surface area (Å²) >= 11 is 11.6. The number of rotatable bonds is 5. The molecule has 1 fully saturated rings. The van der Waals surface area contributed by atoms with Gasteiger partial charge in [-0.05, 0) is 12.5 Å². The van der Waals surface area contributed by atoms with Crippen LogP contribution in [0.4, 0.5) is 0 Å². The number of halogens is 2. The molecular formula is C12H25Cl2N2O2P. The summed E-state index contributed by atoms with van der Waals surface area (Å²) in [6, 6.07) is 0. The van der Waals surface area contributed by atoms with Crippen molar-refractivity contribution in [2.24, 2.45) is 11.3 Å². The lowest BCUT2D eigenvalue weighted by atomic mass is 9.81. The van der Waals surface area contributed by atoms with Crippen LogP contribution in [0, 0.1) is 11.3 Å². The van der Waals surface area contributed by atoms with Crippen LogP contribution >= 0.6 is 30.9 Å². The van der Waals surface area contributed by atoms with Gasteiger partial charge >= 0.3 is 7.67 Å². The second kappa shape index (κ2) is 7.11. The first-order valence-electron chi connectivity index (χ1n) is 6.59. The zero-order valence-corrected chi connectivity index (χ0v) is 14.6. The van der Waals surface area contributed by atoms with E-state index in [0.29, 0.717) is 37.4 Å².